The molecule has 1 fully saturated rings. The van der Waals surface area contributed by atoms with E-state index in [1.54, 1.807) is 27.6 Å². The Morgan fingerprint density at radius 3 is 2.31 bits per heavy atom. The second-order valence-electron chi connectivity index (χ2n) is 7.38. The van der Waals surface area contributed by atoms with Crippen molar-refractivity contribution < 1.29 is 18.6 Å². The molecule has 32 heavy (non-hydrogen) atoms. The number of benzene rings is 1. The normalized spacial score (nSPS) is 15.1. The predicted octanol–water partition coefficient (Wildman–Crippen LogP) is 3.82. The number of rotatable bonds is 10. The fraction of sp³-hybridized carbons (Fsp3) is 0.522. The average molecular weight is 558 g/mol. The van der Waals surface area contributed by atoms with Gasteiger partial charge in [0.2, 0.25) is 5.75 Å². The number of aliphatic imine (C=N–C) groups is 1. The van der Waals surface area contributed by atoms with E-state index in [4.69, 9.17) is 23.6 Å². The third-order valence-electron chi connectivity index (χ3n) is 5.40. The number of nitrogens with zero attached hydrogens (tertiary/aromatic N) is 2. The molecule has 0 saturated carbocycles. The molecule has 1 aromatic carbocycles. The number of hydrogen-bond acceptors (Lipinski definition) is 6. The number of ether oxygens (including phenoxy) is 3. The number of furan rings is 1. The molecule has 1 aliphatic rings. The summed E-state index contributed by atoms with van der Waals surface area (Å²) in [7, 11) is 4.83. The minimum absolute atomic E-state index is 0. The highest BCUT2D eigenvalue weighted by molar-refractivity contribution is 14.0. The van der Waals surface area contributed by atoms with Gasteiger partial charge in [-0.25, -0.2) is 4.99 Å². The van der Waals surface area contributed by atoms with Crippen LogP contribution in [0, 0.1) is 0 Å². The Balaban J connectivity index is 0.00000363. The topological polar surface area (TPSA) is 80.5 Å². The zero-order valence-corrected chi connectivity index (χ0v) is 21.7. The van der Waals surface area contributed by atoms with Gasteiger partial charge < -0.3 is 29.3 Å². The standard InChI is InChI=1S/C23H34N4O4.HI/c1-5-24-23(25-15-17-13-20(28-2)22(30-4)21(14-17)29-3)26-16-18(19-9-8-12-31-19)27-10-6-7-11-27;/h8-9,12-14,18H,5-7,10-11,15-16H2,1-4H3,(H2,24,25,26);1H. The molecule has 0 spiro atoms. The highest BCUT2D eigenvalue weighted by Crippen LogP contribution is 2.38. The minimum atomic E-state index is 0. The number of likely N-dealkylation sites (tertiary alicyclic amines) is 1. The third-order valence-corrected chi connectivity index (χ3v) is 5.40. The SMILES string of the molecule is CCNC(=NCc1cc(OC)c(OC)c(OC)c1)NCC(c1ccco1)N1CCCC1.I. The quantitative estimate of drug-likeness (QED) is 0.261. The Morgan fingerprint density at radius 2 is 1.78 bits per heavy atom. The van der Waals surface area contributed by atoms with Gasteiger partial charge in [0.05, 0.1) is 40.2 Å². The lowest BCUT2D eigenvalue weighted by Gasteiger charge is -2.26. The average Bonchev–Trinajstić information content (AvgIpc) is 3.51. The molecule has 2 aromatic rings. The van der Waals surface area contributed by atoms with E-state index >= 15 is 0 Å². The van der Waals surface area contributed by atoms with Crippen molar-refractivity contribution in [3.63, 3.8) is 0 Å². The number of nitrogens with one attached hydrogen (secondary N) is 2. The zero-order chi connectivity index (χ0) is 22.1. The summed E-state index contributed by atoms with van der Waals surface area (Å²) < 4.78 is 22.0. The van der Waals surface area contributed by atoms with Crippen LogP contribution in [0.25, 0.3) is 0 Å². The molecule has 1 atom stereocenters. The van der Waals surface area contributed by atoms with Gasteiger partial charge in [-0.15, -0.1) is 24.0 Å². The van der Waals surface area contributed by atoms with Crippen molar-refractivity contribution in [1.29, 1.82) is 0 Å². The van der Waals surface area contributed by atoms with E-state index in [2.05, 4.69) is 22.5 Å². The van der Waals surface area contributed by atoms with E-state index in [1.807, 2.05) is 24.3 Å². The Bertz CT molecular complexity index is 814. The van der Waals surface area contributed by atoms with Gasteiger partial charge in [0.15, 0.2) is 17.5 Å². The molecule has 1 unspecified atom stereocenters. The van der Waals surface area contributed by atoms with E-state index in [0.717, 1.165) is 36.9 Å². The van der Waals surface area contributed by atoms with Crippen molar-refractivity contribution >= 4 is 29.9 Å². The van der Waals surface area contributed by atoms with Crippen LogP contribution >= 0.6 is 24.0 Å². The summed E-state index contributed by atoms with van der Waals surface area (Å²) in [6.07, 6.45) is 4.20. The van der Waals surface area contributed by atoms with Crippen molar-refractivity contribution in [2.45, 2.75) is 32.4 Å². The molecule has 2 heterocycles. The summed E-state index contributed by atoms with van der Waals surface area (Å²) in [5.41, 5.74) is 0.967. The molecule has 1 saturated heterocycles. The Kier molecular flexibility index (Phi) is 10.9. The zero-order valence-electron chi connectivity index (χ0n) is 19.3. The first-order chi connectivity index (χ1) is 15.2. The molecule has 0 amide bonds. The Morgan fingerprint density at radius 1 is 1.09 bits per heavy atom. The minimum Gasteiger partial charge on any atom is -0.493 e. The van der Waals surface area contributed by atoms with E-state index in [0.29, 0.717) is 30.3 Å². The molecule has 2 N–H and O–H groups in total. The van der Waals surface area contributed by atoms with E-state index in [9.17, 15) is 0 Å². The number of halogens is 1. The monoisotopic (exact) mass is 558 g/mol. The van der Waals surface area contributed by atoms with Gasteiger partial charge in [-0.05, 0) is 62.7 Å². The Labute approximate surface area is 207 Å². The van der Waals surface area contributed by atoms with E-state index < -0.39 is 0 Å². The molecule has 0 radical (unpaired) electrons. The largest absolute Gasteiger partial charge is 0.493 e. The molecule has 3 rings (SSSR count). The van der Waals surface area contributed by atoms with E-state index in [1.165, 1.54) is 12.8 Å². The van der Waals surface area contributed by atoms with Crippen molar-refractivity contribution in [1.82, 2.24) is 15.5 Å². The van der Waals surface area contributed by atoms with Crippen LogP contribution in [-0.2, 0) is 6.54 Å². The predicted molar refractivity (Wildman–Crippen MR) is 137 cm³/mol. The molecule has 8 nitrogen and oxygen atoms in total. The highest BCUT2D eigenvalue weighted by atomic mass is 127. The second-order valence-corrected chi connectivity index (χ2v) is 7.38. The molecular weight excluding hydrogens is 523 g/mol. The van der Waals surface area contributed by atoms with Crippen molar-refractivity contribution in [3.05, 3.63) is 41.9 Å². The summed E-state index contributed by atoms with van der Waals surface area (Å²) in [6, 6.07) is 8.02. The first-order valence-corrected chi connectivity index (χ1v) is 10.8. The summed E-state index contributed by atoms with van der Waals surface area (Å²) >= 11 is 0. The maximum atomic E-state index is 5.72. The van der Waals surface area contributed by atoms with Crippen LogP contribution in [0.1, 0.15) is 37.1 Å². The van der Waals surface area contributed by atoms with Crippen molar-refractivity contribution in [2.24, 2.45) is 4.99 Å². The molecular formula is C23H35IN4O4. The van der Waals surface area contributed by atoms with Crippen LogP contribution in [0.3, 0.4) is 0 Å². The Hall–Kier alpha value is -2.14. The number of methoxy groups -OCH3 is 3. The van der Waals surface area contributed by atoms with Gasteiger partial charge in [-0.3, -0.25) is 4.90 Å². The van der Waals surface area contributed by atoms with Gasteiger partial charge in [0.1, 0.15) is 5.76 Å². The van der Waals surface area contributed by atoms with Crippen LogP contribution in [-0.4, -0.2) is 58.4 Å². The summed E-state index contributed by atoms with van der Waals surface area (Å²) in [6.45, 7) is 6.20. The summed E-state index contributed by atoms with van der Waals surface area (Å²) in [5.74, 6) is 3.56. The molecule has 1 aromatic heterocycles. The molecule has 0 aliphatic carbocycles. The van der Waals surface area contributed by atoms with E-state index in [-0.39, 0.29) is 30.0 Å². The van der Waals surface area contributed by atoms with Crippen LogP contribution in [0.15, 0.2) is 39.9 Å². The first-order valence-electron chi connectivity index (χ1n) is 10.8. The molecule has 9 heteroatoms. The third kappa shape index (κ3) is 6.68. The lowest BCUT2D eigenvalue weighted by molar-refractivity contribution is 0.215. The summed E-state index contributed by atoms with van der Waals surface area (Å²) in [5, 5.41) is 6.81. The smallest absolute Gasteiger partial charge is 0.203 e. The summed E-state index contributed by atoms with van der Waals surface area (Å²) in [4.78, 5) is 7.23. The molecule has 0 bridgehead atoms. The second kappa shape index (κ2) is 13.4. The van der Waals surface area contributed by atoms with Gasteiger partial charge in [0, 0.05) is 13.1 Å². The van der Waals surface area contributed by atoms with Crippen LogP contribution in [0.2, 0.25) is 0 Å². The van der Waals surface area contributed by atoms with Crippen molar-refractivity contribution in [3.8, 4) is 17.2 Å². The van der Waals surface area contributed by atoms with Crippen molar-refractivity contribution in [2.75, 3.05) is 47.5 Å². The first kappa shape index (κ1) is 26.1. The lowest BCUT2D eigenvalue weighted by atomic mass is 10.2. The number of guanidine groups is 1. The molecule has 178 valence electrons. The van der Waals surface area contributed by atoms with Crippen LogP contribution in [0.4, 0.5) is 0 Å². The maximum Gasteiger partial charge on any atom is 0.203 e. The fourth-order valence-corrected chi connectivity index (χ4v) is 3.88. The molecule has 1 aliphatic heterocycles. The van der Waals surface area contributed by atoms with Gasteiger partial charge >= 0.3 is 0 Å². The van der Waals surface area contributed by atoms with Crippen LogP contribution in [0.5, 0.6) is 17.2 Å². The maximum absolute atomic E-state index is 5.72. The van der Waals surface area contributed by atoms with Gasteiger partial charge in [0.25, 0.3) is 0 Å². The van der Waals surface area contributed by atoms with Gasteiger partial charge in [-0.2, -0.15) is 0 Å². The lowest BCUT2D eigenvalue weighted by Crippen LogP contribution is -2.42. The van der Waals surface area contributed by atoms with Gasteiger partial charge in [-0.1, -0.05) is 0 Å². The van der Waals surface area contributed by atoms with Crippen LogP contribution < -0.4 is 24.8 Å². The highest BCUT2D eigenvalue weighted by Gasteiger charge is 2.25. The fourth-order valence-electron chi connectivity index (χ4n) is 3.88. The number of hydrogen-bond donors (Lipinski definition) is 2.